The second-order valence-corrected chi connectivity index (χ2v) is 24.0. The zero-order valence-corrected chi connectivity index (χ0v) is 47.6. The fourth-order valence-corrected chi connectivity index (χ4v) is 9.94. The average Bonchev–Trinajstić information content (AvgIpc) is 3.35. The molecule has 77 heavy (non-hydrogen) atoms. The molecule has 0 aliphatic carbocycles. The molecule has 2 atom stereocenters. The summed E-state index contributed by atoms with van der Waals surface area (Å²) < 4.78 is 71.0. The number of aryl methyl sites for hydroxylation is 6. The van der Waals surface area contributed by atoms with Crippen LogP contribution in [0.15, 0.2) is 113 Å². The highest BCUT2D eigenvalue weighted by Crippen LogP contribution is 2.35. The number of carbonyl (C=O) groups excluding carboxylic acids is 2. The van der Waals surface area contributed by atoms with Crippen molar-refractivity contribution in [2.45, 2.75) is 111 Å². The lowest BCUT2D eigenvalue weighted by Gasteiger charge is -2.21. The van der Waals surface area contributed by atoms with Crippen LogP contribution in [0.1, 0.15) is 113 Å². The molecule has 0 saturated heterocycles. The molecule has 7 N–H and O–H groups in total. The van der Waals surface area contributed by atoms with Gasteiger partial charge < -0.3 is 30.0 Å². The Morgan fingerprint density at radius 3 is 1.43 bits per heavy atom. The van der Waals surface area contributed by atoms with E-state index >= 15 is 0 Å². The van der Waals surface area contributed by atoms with Crippen LogP contribution in [0.25, 0.3) is 0 Å². The standard InChI is InChI=1S/C33H39N5O5S.C24H29N5O3S/c1-20-16-21(2)30(22(3)17-20)43-32-25(14-15-27(36-32)33(4,5)6)31(39)38-44(34,40)29-11-9-10-28(37-29)35-19-23-12-13-24(41-7)18-26(23)42-8;1-14-12-15(2)21(16(3)13-14)32-23-17(10-11-18(27-23)24(4,5)6)22(30)29-33(26,31)20-9-7-8-19(25)28-20/h9-18H,19H2,1-8H3,(H,35,37)(H2,34,38,39,40);7-13H,1-6H3,(H2,25,28)(H2,26,29,30,31). The minimum absolute atomic E-state index is 0.0539. The Morgan fingerprint density at radius 1 is 0.571 bits per heavy atom. The Bertz CT molecular complexity index is 3550. The van der Waals surface area contributed by atoms with Crippen molar-refractivity contribution in [2.75, 3.05) is 25.3 Å². The minimum Gasteiger partial charge on any atom is -0.497 e. The van der Waals surface area contributed by atoms with Gasteiger partial charge in [0.15, 0.2) is 29.9 Å². The monoisotopic (exact) mass is 1080 g/mol. The molecular formula is C57H68N10O8S2. The summed E-state index contributed by atoms with van der Waals surface area (Å²) in [5, 5.41) is 2.92. The van der Waals surface area contributed by atoms with Gasteiger partial charge in [-0.2, -0.15) is 0 Å². The summed E-state index contributed by atoms with van der Waals surface area (Å²) in [6, 6.07) is 29.2. The number of nitrogens with two attached hydrogens (primary N) is 1. The van der Waals surface area contributed by atoms with E-state index in [1.807, 2.05) is 119 Å². The molecule has 18 nitrogen and oxygen atoms in total. The largest absolute Gasteiger partial charge is 0.497 e. The van der Waals surface area contributed by atoms with Gasteiger partial charge in [-0.25, -0.2) is 37.9 Å². The number of nitrogens with zero attached hydrogens (tertiary/aromatic N) is 4. The predicted octanol–water partition coefficient (Wildman–Crippen LogP) is 11.7. The third-order valence-corrected chi connectivity index (χ3v) is 14.4. The lowest BCUT2D eigenvalue weighted by Crippen LogP contribution is -2.31. The molecule has 4 aromatic heterocycles. The van der Waals surface area contributed by atoms with Crippen LogP contribution in [-0.4, -0.2) is 54.4 Å². The SMILES string of the molecule is COc1ccc(CNc2cccc(S(=N)(=O)NC(=O)c3ccc(C(C)(C)C)nc3Oc3c(C)cc(C)cc3C)n2)c(OC)c1.Cc1cc(C)c(Oc2nc(C(C)(C)C)ccc2C(=O)NS(=N)(=O)c2cccc(N)n2)c(C)c1. The molecule has 0 saturated carbocycles. The van der Waals surface area contributed by atoms with Crippen LogP contribution in [-0.2, 0) is 37.2 Å². The molecular weight excluding hydrogens is 1020 g/mol. The number of hydrogen-bond donors (Lipinski definition) is 6. The van der Waals surface area contributed by atoms with Crippen LogP contribution in [0.3, 0.4) is 0 Å². The van der Waals surface area contributed by atoms with E-state index in [-0.39, 0.29) is 49.6 Å². The number of methoxy groups -OCH3 is 2. The van der Waals surface area contributed by atoms with E-state index in [9.17, 15) is 18.0 Å². The number of amides is 2. The number of ether oxygens (including phenoxy) is 4. The van der Waals surface area contributed by atoms with Crippen molar-refractivity contribution in [1.29, 1.82) is 9.56 Å². The highest BCUT2D eigenvalue weighted by molar-refractivity contribution is 7.91. The molecule has 2 unspecified atom stereocenters. The first-order valence-electron chi connectivity index (χ1n) is 24.4. The maximum absolute atomic E-state index is 13.6. The van der Waals surface area contributed by atoms with Crippen LogP contribution in [0.2, 0.25) is 0 Å². The van der Waals surface area contributed by atoms with E-state index in [0.717, 1.165) is 44.6 Å². The van der Waals surface area contributed by atoms with Crippen molar-refractivity contribution < 1.29 is 37.0 Å². The summed E-state index contributed by atoms with van der Waals surface area (Å²) in [4.78, 5) is 44.2. The van der Waals surface area contributed by atoms with Gasteiger partial charge in [-0.3, -0.25) is 19.0 Å². The summed E-state index contributed by atoms with van der Waals surface area (Å²) in [5.74, 6) is 1.57. The number of pyridine rings is 4. The first-order chi connectivity index (χ1) is 36.0. The summed E-state index contributed by atoms with van der Waals surface area (Å²) in [5.41, 5.74) is 13.2. The van der Waals surface area contributed by atoms with Crippen molar-refractivity contribution in [3.8, 4) is 34.8 Å². The molecule has 0 aliphatic heterocycles. The molecule has 0 radical (unpaired) electrons. The number of nitrogen functional groups attached to an aromatic ring is 1. The minimum atomic E-state index is -3.86. The van der Waals surface area contributed by atoms with Crippen LogP contribution < -0.4 is 39.4 Å². The topological polar surface area (TPSA) is 267 Å². The lowest BCUT2D eigenvalue weighted by atomic mass is 9.91. The van der Waals surface area contributed by atoms with Crippen molar-refractivity contribution in [1.82, 2.24) is 29.4 Å². The zero-order valence-electron chi connectivity index (χ0n) is 46.0. The molecule has 0 fully saturated rings. The maximum atomic E-state index is 13.6. The van der Waals surface area contributed by atoms with E-state index < -0.39 is 31.6 Å². The zero-order chi connectivity index (χ0) is 56.8. The number of carbonyl (C=O) groups is 2. The Hall–Kier alpha value is -8.10. The van der Waals surface area contributed by atoms with E-state index in [1.165, 1.54) is 24.3 Å². The smallest absolute Gasteiger partial charge is 0.269 e. The van der Waals surface area contributed by atoms with E-state index in [1.54, 1.807) is 56.7 Å². The predicted molar refractivity (Wildman–Crippen MR) is 300 cm³/mol. The number of rotatable bonds is 15. The summed E-state index contributed by atoms with van der Waals surface area (Å²) in [6.45, 7) is 24.1. The molecule has 3 aromatic carbocycles. The average molecular weight is 1090 g/mol. The molecule has 2 amide bonds. The van der Waals surface area contributed by atoms with E-state index in [4.69, 9.17) is 34.2 Å². The van der Waals surface area contributed by atoms with Gasteiger partial charge in [-0.1, -0.05) is 89.1 Å². The van der Waals surface area contributed by atoms with E-state index in [0.29, 0.717) is 41.1 Å². The number of aromatic nitrogens is 4. The summed E-state index contributed by atoms with van der Waals surface area (Å²) in [6.07, 6.45) is 0. The van der Waals surface area contributed by atoms with Crippen LogP contribution in [0.5, 0.6) is 34.8 Å². The molecule has 0 bridgehead atoms. The van der Waals surface area contributed by atoms with Crippen molar-refractivity contribution in [2.24, 2.45) is 0 Å². The van der Waals surface area contributed by atoms with Gasteiger partial charge in [0, 0.05) is 40.4 Å². The Morgan fingerprint density at radius 2 is 1.01 bits per heavy atom. The van der Waals surface area contributed by atoms with E-state index in [2.05, 4.69) is 34.7 Å². The molecule has 0 spiro atoms. The second-order valence-electron chi connectivity index (χ2n) is 20.5. The molecule has 20 heteroatoms. The third kappa shape index (κ3) is 14.6. The molecule has 4 heterocycles. The number of nitrogens with one attached hydrogen (secondary N) is 5. The van der Waals surface area contributed by atoms with Crippen LogP contribution >= 0.6 is 0 Å². The quantitative estimate of drug-likeness (QED) is 0.0558. The van der Waals surface area contributed by atoms with Gasteiger partial charge in [0.25, 0.3) is 11.8 Å². The van der Waals surface area contributed by atoms with Crippen molar-refractivity contribution >= 4 is 43.3 Å². The Kier molecular flexibility index (Phi) is 17.7. The van der Waals surface area contributed by atoms with Crippen molar-refractivity contribution in [3.63, 3.8) is 0 Å². The van der Waals surface area contributed by atoms with Crippen molar-refractivity contribution in [3.05, 3.63) is 165 Å². The fraction of sp³-hybridized carbons (Fsp3) is 0.298. The summed E-state index contributed by atoms with van der Waals surface area (Å²) in [7, 11) is -4.46. The third-order valence-electron chi connectivity index (χ3n) is 11.8. The van der Waals surface area contributed by atoms with Gasteiger partial charge in [0.1, 0.15) is 45.8 Å². The van der Waals surface area contributed by atoms with Crippen LogP contribution in [0, 0.1) is 51.1 Å². The van der Waals surface area contributed by atoms with Gasteiger partial charge >= 0.3 is 0 Å². The fourth-order valence-electron chi connectivity index (χ4n) is 7.99. The first kappa shape index (κ1) is 58.2. The molecule has 406 valence electrons. The maximum Gasteiger partial charge on any atom is 0.269 e. The molecule has 0 aliphatic rings. The van der Waals surface area contributed by atoms with Crippen LogP contribution in [0.4, 0.5) is 11.6 Å². The highest BCUT2D eigenvalue weighted by atomic mass is 32.2. The van der Waals surface area contributed by atoms with Gasteiger partial charge in [-0.15, -0.1) is 0 Å². The number of anilines is 2. The molecule has 7 aromatic rings. The lowest BCUT2D eigenvalue weighted by molar-refractivity contribution is 0.0970. The Labute approximate surface area is 452 Å². The van der Waals surface area contributed by atoms with Gasteiger partial charge in [-0.05, 0) is 124 Å². The Balaban J connectivity index is 0.000000260. The second kappa shape index (κ2) is 23.4. The first-order valence-corrected chi connectivity index (χ1v) is 27.5. The number of hydrogen-bond acceptors (Lipinski definition) is 16. The summed E-state index contributed by atoms with van der Waals surface area (Å²) >= 11 is 0. The number of benzene rings is 3. The van der Waals surface area contributed by atoms with Gasteiger partial charge in [0.2, 0.25) is 11.8 Å². The highest BCUT2D eigenvalue weighted by Gasteiger charge is 2.27. The normalized spacial score (nSPS) is 12.9. The van der Waals surface area contributed by atoms with Gasteiger partial charge in [0.05, 0.1) is 14.2 Å². The molecule has 7 rings (SSSR count).